The van der Waals surface area contributed by atoms with E-state index < -0.39 is 0 Å². The van der Waals surface area contributed by atoms with E-state index in [1.807, 2.05) is 36.4 Å². The van der Waals surface area contributed by atoms with Crippen LogP contribution in [0.5, 0.6) is 0 Å². The lowest BCUT2D eigenvalue weighted by Crippen LogP contribution is -2.23. The van der Waals surface area contributed by atoms with Crippen LogP contribution in [0.25, 0.3) is 5.69 Å². The van der Waals surface area contributed by atoms with Gasteiger partial charge in [0, 0.05) is 4.88 Å². The van der Waals surface area contributed by atoms with Crippen LogP contribution in [0.15, 0.2) is 78.2 Å². The number of hydrogen-bond acceptors (Lipinski definition) is 5. The molecule has 0 aliphatic heterocycles. The van der Waals surface area contributed by atoms with Gasteiger partial charge < -0.3 is 0 Å². The quantitative estimate of drug-likeness (QED) is 0.579. The monoisotopic (exact) mass is 347 g/mol. The van der Waals surface area contributed by atoms with Crippen molar-refractivity contribution in [1.29, 1.82) is 0 Å². The summed E-state index contributed by atoms with van der Waals surface area (Å²) in [5, 5.41) is 17.8. The van der Waals surface area contributed by atoms with Crippen molar-refractivity contribution in [2.45, 2.75) is 12.6 Å². The topological polar surface area (TPSA) is 55.6 Å². The molecule has 4 aromatic rings. The van der Waals surface area contributed by atoms with Gasteiger partial charge >= 0.3 is 0 Å². The molecule has 0 amide bonds. The Morgan fingerprint density at radius 2 is 1.68 bits per heavy atom. The average Bonchev–Trinajstić information content (AvgIpc) is 3.36. The molecule has 0 aliphatic rings. The third-order valence-electron chi connectivity index (χ3n) is 3.96. The summed E-state index contributed by atoms with van der Waals surface area (Å²) in [6, 6.07) is 24.7. The molecule has 25 heavy (non-hydrogen) atoms. The Morgan fingerprint density at radius 3 is 2.40 bits per heavy atom. The summed E-state index contributed by atoms with van der Waals surface area (Å²) in [5.41, 5.74) is 2.18. The van der Waals surface area contributed by atoms with Gasteiger partial charge in [-0.15, -0.1) is 16.4 Å². The lowest BCUT2D eigenvalue weighted by molar-refractivity contribution is 0.582. The molecule has 1 atom stereocenters. The highest BCUT2D eigenvalue weighted by molar-refractivity contribution is 7.10. The van der Waals surface area contributed by atoms with Crippen LogP contribution in [-0.2, 0) is 6.54 Å². The molecular formula is C19H17N5S. The van der Waals surface area contributed by atoms with E-state index >= 15 is 0 Å². The van der Waals surface area contributed by atoms with E-state index in [1.165, 1.54) is 10.4 Å². The lowest BCUT2D eigenvalue weighted by Gasteiger charge is -2.17. The fraction of sp³-hybridized carbons (Fsp3) is 0.105. The second kappa shape index (κ2) is 7.38. The molecule has 2 aromatic heterocycles. The summed E-state index contributed by atoms with van der Waals surface area (Å²) in [6.45, 7) is 0.569. The number of rotatable bonds is 6. The first kappa shape index (κ1) is 15.7. The normalized spacial score (nSPS) is 12.2. The summed E-state index contributed by atoms with van der Waals surface area (Å²) in [6.07, 6.45) is 0. The summed E-state index contributed by atoms with van der Waals surface area (Å²) in [4.78, 5) is 1.27. The Morgan fingerprint density at radius 1 is 0.920 bits per heavy atom. The molecule has 0 bridgehead atoms. The summed E-state index contributed by atoms with van der Waals surface area (Å²) < 4.78 is 1.77. The van der Waals surface area contributed by atoms with Gasteiger partial charge in [0.05, 0.1) is 18.3 Å². The van der Waals surface area contributed by atoms with Crippen molar-refractivity contribution in [3.8, 4) is 5.69 Å². The van der Waals surface area contributed by atoms with Crippen molar-refractivity contribution in [2.75, 3.05) is 0 Å². The van der Waals surface area contributed by atoms with Gasteiger partial charge in [0.2, 0.25) is 0 Å². The highest BCUT2D eigenvalue weighted by atomic mass is 32.1. The molecule has 0 radical (unpaired) electrons. The molecule has 2 aromatic carbocycles. The van der Waals surface area contributed by atoms with E-state index in [2.05, 4.69) is 62.6 Å². The molecule has 5 nitrogen and oxygen atoms in total. The molecular weight excluding hydrogens is 330 g/mol. The molecule has 6 heteroatoms. The zero-order valence-corrected chi connectivity index (χ0v) is 14.3. The molecule has 124 valence electrons. The highest BCUT2D eigenvalue weighted by Gasteiger charge is 2.16. The predicted molar refractivity (Wildman–Crippen MR) is 98.6 cm³/mol. The summed E-state index contributed by atoms with van der Waals surface area (Å²) >= 11 is 1.74. The van der Waals surface area contributed by atoms with Crippen LogP contribution in [0.2, 0.25) is 0 Å². The smallest absolute Gasteiger partial charge is 0.170 e. The molecule has 0 fully saturated rings. The lowest BCUT2D eigenvalue weighted by atomic mass is 10.1. The minimum atomic E-state index is 0.113. The van der Waals surface area contributed by atoms with Gasteiger partial charge in [0.25, 0.3) is 0 Å². The Hall–Kier alpha value is -2.83. The Kier molecular flexibility index (Phi) is 4.63. The van der Waals surface area contributed by atoms with Gasteiger partial charge in [0.15, 0.2) is 5.82 Å². The zero-order chi connectivity index (χ0) is 16.9. The second-order valence-electron chi connectivity index (χ2n) is 5.58. The number of hydrogen-bond donors (Lipinski definition) is 1. The molecule has 4 rings (SSSR count). The molecule has 0 spiro atoms. The summed E-state index contributed by atoms with van der Waals surface area (Å²) in [5.74, 6) is 0.781. The Bertz CT molecular complexity index is 903. The standard InChI is InChI=1S/C19H17N5S/c1-3-8-15(9-4-1)19(17-12-7-13-25-17)20-14-18-21-22-23-24(18)16-10-5-2-6-11-16/h1-13,19-20H,14H2/t19-/m1/s1. The van der Waals surface area contributed by atoms with Gasteiger partial charge in [-0.05, 0) is 39.6 Å². The third-order valence-corrected chi connectivity index (χ3v) is 4.90. The Balaban J connectivity index is 1.58. The van der Waals surface area contributed by atoms with E-state index in [0.717, 1.165) is 11.5 Å². The maximum Gasteiger partial charge on any atom is 0.170 e. The number of aromatic nitrogens is 4. The van der Waals surface area contributed by atoms with E-state index in [4.69, 9.17) is 0 Å². The summed E-state index contributed by atoms with van der Waals surface area (Å²) in [7, 11) is 0. The van der Waals surface area contributed by atoms with Crippen molar-refractivity contribution >= 4 is 11.3 Å². The molecule has 0 saturated carbocycles. The van der Waals surface area contributed by atoms with Crippen molar-refractivity contribution in [3.63, 3.8) is 0 Å². The second-order valence-corrected chi connectivity index (χ2v) is 6.56. The number of benzene rings is 2. The minimum absolute atomic E-state index is 0.113. The first-order chi connectivity index (χ1) is 12.4. The van der Waals surface area contributed by atoms with Gasteiger partial charge in [-0.25, -0.2) is 0 Å². The van der Waals surface area contributed by atoms with Gasteiger partial charge in [-0.3, -0.25) is 5.32 Å². The van der Waals surface area contributed by atoms with Crippen molar-refractivity contribution in [3.05, 3.63) is 94.4 Å². The number of nitrogens with zero attached hydrogens (tertiary/aromatic N) is 4. The van der Waals surface area contributed by atoms with Crippen LogP contribution < -0.4 is 5.32 Å². The van der Waals surface area contributed by atoms with E-state index in [-0.39, 0.29) is 6.04 Å². The molecule has 2 heterocycles. The van der Waals surface area contributed by atoms with Crippen molar-refractivity contribution in [2.24, 2.45) is 0 Å². The zero-order valence-electron chi connectivity index (χ0n) is 13.5. The first-order valence-corrected chi connectivity index (χ1v) is 8.94. The number of para-hydroxylation sites is 1. The van der Waals surface area contributed by atoms with Crippen LogP contribution >= 0.6 is 11.3 Å². The van der Waals surface area contributed by atoms with Crippen LogP contribution in [0.3, 0.4) is 0 Å². The van der Waals surface area contributed by atoms with Crippen molar-refractivity contribution in [1.82, 2.24) is 25.5 Å². The van der Waals surface area contributed by atoms with Crippen LogP contribution in [0.1, 0.15) is 22.3 Å². The third kappa shape index (κ3) is 3.50. The van der Waals surface area contributed by atoms with E-state index in [0.29, 0.717) is 6.54 Å². The minimum Gasteiger partial charge on any atom is -0.298 e. The largest absolute Gasteiger partial charge is 0.298 e. The van der Waals surface area contributed by atoms with E-state index in [1.54, 1.807) is 16.0 Å². The molecule has 1 N–H and O–H groups in total. The fourth-order valence-corrected chi connectivity index (χ4v) is 3.59. The predicted octanol–water partition coefficient (Wildman–Crippen LogP) is 3.60. The number of tetrazole rings is 1. The number of nitrogens with one attached hydrogen (secondary N) is 1. The van der Waals surface area contributed by atoms with Crippen LogP contribution in [0.4, 0.5) is 0 Å². The maximum atomic E-state index is 4.18. The fourth-order valence-electron chi connectivity index (χ4n) is 2.76. The average molecular weight is 347 g/mol. The Labute approximate surface area is 150 Å². The van der Waals surface area contributed by atoms with Gasteiger partial charge in [0.1, 0.15) is 0 Å². The van der Waals surface area contributed by atoms with Gasteiger partial charge in [-0.1, -0.05) is 54.6 Å². The number of thiophene rings is 1. The highest BCUT2D eigenvalue weighted by Crippen LogP contribution is 2.26. The van der Waals surface area contributed by atoms with E-state index in [9.17, 15) is 0 Å². The SMILES string of the molecule is c1ccc([C@@H](NCc2nnnn2-c2ccccc2)c2cccs2)cc1. The maximum absolute atomic E-state index is 4.18. The molecule has 0 aliphatic carbocycles. The first-order valence-electron chi connectivity index (χ1n) is 8.06. The van der Waals surface area contributed by atoms with Crippen LogP contribution in [-0.4, -0.2) is 20.2 Å². The molecule has 0 saturated heterocycles. The van der Waals surface area contributed by atoms with Gasteiger partial charge in [-0.2, -0.15) is 4.68 Å². The molecule has 0 unspecified atom stereocenters. The van der Waals surface area contributed by atoms with Crippen molar-refractivity contribution < 1.29 is 0 Å². The van der Waals surface area contributed by atoms with Crippen LogP contribution in [0, 0.1) is 0 Å².